The van der Waals surface area contributed by atoms with Crippen LogP contribution in [-0.4, -0.2) is 56.7 Å². The van der Waals surface area contributed by atoms with E-state index in [0.717, 1.165) is 4.57 Å². The number of aliphatic hydroxyl groups excluding tert-OH is 3. The van der Waals surface area contributed by atoms with Crippen LogP contribution in [0.4, 0.5) is 4.39 Å². The fraction of sp³-hybridized carbons (Fsp3) is 0.636. The van der Waals surface area contributed by atoms with Gasteiger partial charge in [0.15, 0.2) is 6.23 Å². The molecule has 2 rings (SSSR count). The third kappa shape index (κ3) is 2.18. The van der Waals surface area contributed by atoms with Gasteiger partial charge in [0.25, 0.3) is 5.85 Å². The first-order valence-electron chi connectivity index (χ1n) is 5.81. The molecule has 1 aromatic rings. The quantitative estimate of drug-likeness (QED) is 0.618. The number of hydrogen-bond donors (Lipinski definition) is 3. The van der Waals surface area contributed by atoms with E-state index >= 15 is 0 Å². The first-order chi connectivity index (χ1) is 9.34. The van der Waals surface area contributed by atoms with Crippen LogP contribution in [0, 0.1) is 6.92 Å². The molecule has 0 radical (unpaired) electrons. The van der Waals surface area contributed by atoms with Gasteiger partial charge in [-0.2, -0.15) is 4.98 Å². The molecule has 0 saturated carbocycles. The van der Waals surface area contributed by atoms with E-state index in [9.17, 15) is 19.4 Å². The molecule has 1 fully saturated rings. The molecule has 0 aromatic carbocycles. The fourth-order valence-electron chi connectivity index (χ4n) is 2.04. The third-order valence-corrected chi connectivity index (χ3v) is 3.15. The van der Waals surface area contributed by atoms with E-state index in [1.807, 2.05) is 0 Å². The summed E-state index contributed by atoms with van der Waals surface area (Å²) < 4.78 is 24.4. The van der Waals surface area contributed by atoms with Gasteiger partial charge in [0.2, 0.25) is 5.88 Å². The Morgan fingerprint density at radius 2 is 2.25 bits per heavy atom. The van der Waals surface area contributed by atoms with Gasteiger partial charge in [-0.05, 0) is 6.92 Å². The number of aliphatic hydroxyl groups is 3. The zero-order valence-electron chi connectivity index (χ0n) is 10.9. The van der Waals surface area contributed by atoms with Crippen molar-refractivity contribution in [3.63, 3.8) is 0 Å². The summed E-state index contributed by atoms with van der Waals surface area (Å²) in [5, 5.41) is 28.2. The zero-order chi connectivity index (χ0) is 15.1. The molecule has 0 aliphatic carbocycles. The van der Waals surface area contributed by atoms with Gasteiger partial charge < -0.3 is 24.8 Å². The maximum absolute atomic E-state index is 14.0. The number of halogens is 1. The summed E-state index contributed by atoms with van der Waals surface area (Å²) >= 11 is 0. The van der Waals surface area contributed by atoms with Gasteiger partial charge in [-0.15, -0.1) is 0 Å². The van der Waals surface area contributed by atoms with Crippen LogP contribution in [0.25, 0.3) is 0 Å². The molecule has 3 N–H and O–H groups in total. The van der Waals surface area contributed by atoms with Crippen molar-refractivity contribution in [2.24, 2.45) is 0 Å². The maximum atomic E-state index is 14.0. The van der Waals surface area contributed by atoms with E-state index in [4.69, 9.17) is 14.6 Å². The Morgan fingerprint density at radius 1 is 1.60 bits per heavy atom. The average Bonchev–Trinajstić information content (AvgIpc) is 2.66. The molecule has 8 nitrogen and oxygen atoms in total. The molecule has 112 valence electrons. The molecule has 0 bridgehead atoms. The molecular weight excluding hydrogens is 275 g/mol. The average molecular weight is 290 g/mol. The highest BCUT2D eigenvalue weighted by Gasteiger charge is 2.55. The predicted molar refractivity (Wildman–Crippen MR) is 62.8 cm³/mol. The highest BCUT2D eigenvalue weighted by molar-refractivity contribution is 5.20. The molecule has 0 spiro atoms. The van der Waals surface area contributed by atoms with E-state index in [0.29, 0.717) is 5.56 Å². The predicted octanol–water partition coefficient (Wildman–Crippen LogP) is -1.53. The lowest BCUT2D eigenvalue weighted by atomic mass is 10.1. The van der Waals surface area contributed by atoms with Crippen molar-refractivity contribution >= 4 is 0 Å². The normalized spacial score (nSPS) is 33.4. The van der Waals surface area contributed by atoms with Crippen LogP contribution >= 0.6 is 0 Å². The SMILES string of the molecule is COc1nc(=O)n([C@@H]2O[C@](F)(CO)[C@@H](O)[C@H]2O)cc1C. The van der Waals surface area contributed by atoms with Gasteiger partial charge in [0.05, 0.1) is 7.11 Å². The number of aryl methyl sites for hydroxylation is 1. The lowest BCUT2D eigenvalue weighted by molar-refractivity contribution is -0.207. The van der Waals surface area contributed by atoms with E-state index in [2.05, 4.69) is 4.98 Å². The lowest BCUT2D eigenvalue weighted by Crippen LogP contribution is -2.42. The number of rotatable bonds is 3. The highest BCUT2D eigenvalue weighted by atomic mass is 19.2. The topological polar surface area (TPSA) is 114 Å². The Bertz CT molecular complexity index is 564. The second kappa shape index (κ2) is 5.09. The van der Waals surface area contributed by atoms with E-state index in [1.165, 1.54) is 13.3 Å². The summed E-state index contributed by atoms with van der Waals surface area (Å²) in [6.45, 7) is 0.438. The molecule has 1 aliphatic rings. The van der Waals surface area contributed by atoms with Gasteiger partial charge in [0, 0.05) is 11.8 Å². The molecule has 1 aliphatic heterocycles. The molecule has 1 aromatic heterocycles. The number of hydrogen-bond acceptors (Lipinski definition) is 7. The summed E-state index contributed by atoms with van der Waals surface area (Å²) in [4.78, 5) is 15.4. The highest BCUT2D eigenvalue weighted by Crippen LogP contribution is 2.37. The van der Waals surface area contributed by atoms with E-state index in [1.54, 1.807) is 6.92 Å². The Kier molecular flexibility index (Phi) is 3.78. The summed E-state index contributed by atoms with van der Waals surface area (Å²) in [6, 6.07) is 0. The minimum absolute atomic E-state index is 0.0907. The first kappa shape index (κ1) is 14.9. The molecule has 0 amide bonds. The first-order valence-corrected chi connectivity index (χ1v) is 5.81. The zero-order valence-corrected chi connectivity index (χ0v) is 10.9. The number of ether oxygens (including phenoxy) is 2. The van der Waals surface area contributed by atoms with Gasteiger partial charge in [0.1, 0.15) is 18.8 Å². The van der Waals surface area contributed by atoms with Crippen molar-refractivity contribution in [1.29, 1.82) is 0 Å². The Morgan fingerprint density at radius 3 is 2.75 bits per heavy atom. The van der Waals surface area contributed by atoms with Gasteiger partial charge >= 0.3 is 5.69 Å². The maximum Gasteiger partial charge on any atom is 0.353 e. The Balaban J connectivity index is 2.43. The van der Waals surface area contributed by atoms with Crippen LogP contribution in [0.5, 0.6) is 5.88 Å². The van der Waals surface area contributed by atoms with Crippen LogP contribution in [0.3, 0.4) is 0 Å². The summed E-state index contributed by atoms with van der Waals surface area (Å²) in [5.41, 5.74) is -0.386. The molecule has 9 heteroatoms. The van der Waals surface area contributed by atoms with Gasteiger partial charge in [-0.3, -0.25) is 4.57 Å². The minimum atomic E-state index is -2.84. The van der Waals surface area contributed by atoms with Crippen molar-refractivity contribution in [3.8, 4) is 5.88 Å². The van der Waals surface area contributed by atoms with E-state index < -0.39 is 36.6 Å². The standard InChI is InChI=1S/C11H15FN2O6/c1-5-3-14(10(18)13-8(5)19-2)9-6(16)7(17)11(12,4-15)20-9/h3,6-7,9,15-17H,4H2,1-2H3/t6-,7+,9-,11-/m1/s1. The second-order valence-corrected chi connectivity index (χ2v) is 4.51. The third-order valence-electron chi connectivity index (χ3n) is 3.15. The number of aromatic nitrogens is 2. The van der Waals surface area contributed by atoms with Gasteiger partial charge in [-0.25, -0.2) is 9.18 Å². The number of methoxy groups -OCH3 is 1. The van der Waals surface area contributed by atoms with Crippen LogP contribution in [-0.2, 0) is 4.74 Å². The Hall–Kier alpha value is -1.55. The van der Waals surface area contributed by atoms with Crippen LogP contribution < -0.4 is 10.4 Å². The summed E-state index contributed by atoms with van der Waals surface area (Å²) in [5.74, 6) is -2.75. The van der Waals surface area contributed by atoms with Crippen molar-refractivity contribution in [1.82, 2.24) is 9.55 Å². The molecule has 4 atom stereocenters. The van der Waals surface area contributed by atoms with Crippen LogP contribution in [0.1, 0.15) is 11.8 Å². The van der Waals surface area contributed by atoms with Crippen molar-refractivity contribution < 1.29 is 29.2 Å². The van der Waals surface area contributed by atoms with Crippen LogP contribution in [0.15, 0.2) is 11.0 Å². The number of nitrogens with zero attached hydrogens (tertiary/aromatic N) is 2. The molecule has 20 heavy (non-hydrogen) atoms. The fourth-order valence-corrected chi connectivity index (χ4v) is 2.04. The van der Waals surface area contributed by atoms with Crippen molar-refractivity contribution in [2.45, 2.75) is 31.2 Å². The van der Waals surface area contributed by atoms with Crippen molar-refractivity contribution in [3.05, 3.63) is 22.2 Å². The molecular formula is C11H15FN2O6. The summed E-state index contributed by atoms with van der Waals surface area (Å²) in [6.07, 6.45) is -3.93. The van der Waals surface area contributed by atoms with Crippen LogP contribution in [0.2, 0.25) is 0 Å². The molecule has 1 saturated heterocycles. The minimum Gasteiger partial charge on any atom is -0.481 e. The van der Waals surface area contributed by atoms with Gasteiger partial charge in [-0.1, -0.05) is 0 Å². The monoisotopic (exact) mass is 290 g/mol. The Labute approximate surface area is 113 Å². The summed E-state index contributed by atoms with van der Waals surface area (Å²) in [7, 11) is 1.34. The van der Waals surface area contributed by atoms with Crippen molar-refractivity contribution in [2.75, 3.05) is 13.7 Å². The smallest absolute Gasteiger partial charge is 0.353 e. The largest absolute Gasteiger partial charge is 0.481 e. The lowest BCUT2D eigenvalue weighted by Gasteiger charge is -2.20. The second-order valence-electron chi connectivity index (χ2n) is 4.51. The number of alkyl halides is 1. The molecule has 0 unspecified atom stereocenters. The van der Waals surface area contributed by atoms with E-state index in [-0.39, 0.29) is 5.88 Å². The molecule has 2 heterocycles.